The number of benzene rings is 2. The zero-order valence-electron chi connectivity index (χ0n) is 24.7. The van der Waals surface area contributed by atoms with Crippen molar-refractivity contribution < 1.29 is 33.8 Å². The van der Waals surface area contributed by atoms with Gasteiger partial charge in [-0.15, -0.1) is 11.8 Å². The molecule has 4 rings (SSSR count). The quantitative estimate of drug-likeness (QED) is 0.270. The van der Waals surface area contributed by atoms with Crippen molar-refractivity contribution in [2.24, 2.45) is 0 Å². The standard InChI is InChI=1S/C32H38N2O7S/c1-31(2,3)40-29(38)23(20-15-11-8-12-16-20)26(36)33-24-27(37)34-18-21(22(35)17-19-13-9-7-10-14-19)25(42-28(24)34)30(39)41-32(4,5)6/h7-16,18,22-25,28,35H,17H2,1-6H3,(H,33,36)/t22?,23?,24?,25?,28-/m1/s1. The predicted molar refractivity (Wildman–Crippen MR) is 159 cm³/mol. The number of nitrogens with zero attached hydrogens (tertiary/aromatic N) is 1. The molecule has 2 amide bonds. The van der Waals surface area contributed by atoms with E-state index in [2.05, 4.69) is 5.32 Å². The summed E-state index contributed by atoms with van der Waals surface area (Å²) in [6, 6.07) is 16.9. The Labute approximate surface area is 250 Å². The number of hydrogen-bond acceptors (Lipinski definition) is 8. The van der Waals surface area contributed by atoms with Gasteiger partial charge in [0.15, 0.2) is 5.92 Å². The van der Waals surface area contributed by atoms with Gasteiger partial charge in [-0.05, 0) is 58.2 Å². The van der Waals surface area contributed by atoms with E-state index in [9.17, 15) is 24.3 Å². The van der Waals surface area contributed by atoms with E-state index in [0.29, 0.717) is 11.1 Å². The third-order valence-corrected chi connectivity index (χ3v) is 8.07. The maximum absolute atomic E-state index is 13.5. The third-order valence-electron chi connectivity index (χ3n) is 6.56. The molecule has 2 aliphatic heterocycles. The lowest BCUT2D eigenvalue weighted by Gasteiger charge is -2.49. The lowest BCUT2D eigenvalue weighted by atomic mass is 9.95. The second-order valence-corrected chi connectivity index (χ2v) is 13.6. The Hall–Kier alpha value is -3.63. The number of esters is 2. The molecule has 0 radical (unpaired) electrons. The highest BCUT2D eigenvalue weighted by molar-refractivity contribution is 8.01. The van der Waals surface area contributed by atoms with Crippen LogP contribution in [0, 0.1) is 0 Å². The number of carbonyl (C=O) groups excluding carboxylic acids is 4. The summed E-state index contributed by atoms with van der Waals surface area (Å²) in [4.78, 5) is 54.7. The summed E-state index contributed by atoms with van der Waals surface area (Å²) in [7, 11) is 0. The van der Waals surface area contributed by atoms with Crippen molar-refractivity contribution in [2.45, 2.75) is 87.9 Å². The van der Waals surface area contributed by atoms with Crippen LogP contribution in [0.25, 0.3) is 0 Å². The molecule has 10 heteroatoms. The fourth-order valence-electron chi connectivity index (χ4n) is 4.75. The number of carbonyl (C=O) groups is 4. The molecule has 42 heavy (non-hydrogen) atoms. The SMILES string of the molecule is CC(C)(C)OC(=O)C1S[C@@H]2C(NC(=O)C(C(=O)OC(C)(C)C)c3ccccc3)C(=O)N2C=C1C(O)Cc1ccccc1. The molecule has 1 saturated heterocycles. The monoisotopic (exact) mass is 594 g/mol. The number of rotatable bonds is 8. The first-order valence-electron chi connectivity index (χ1n) is 13.9. The van der Waals surface area contributed by atoms with Gasteiger partial charge < -0.3 is 24.8 Å². The summed E-state index contributed by atoms with van der Waals surface area (Å²) in [5.74, 6) is -3.66. The van der Waals surface area contributed by atoms with Crippen LogP contribution in [0.1, 0.15) is 58.6 Å². The van der Waals surface area contributed by atoms with Gasteiger partial charge in [0.1, 0.15) is 27.9 Å². The van der Waals surface area contributed by atoms with Crippen molar-refractivity contribution in [2.75, 3.05) is 0 Å². The summed E-state index contributed by atoms with van der Waals surface area (Å²) >= 11 is 1.13. The summed E-state index contributed by atoms with van der Waals surface area (Å²) < 4.78 is 11.2. The minimum Gasteiger partial charge on any atom is -0.459 e. The Kier molecular flexibility index (Phi) is 9.18. The Bertz CT molecular complexity index is 1350. The zero-order chi connectivity index (χ0) is 30.8. The molecule has 0 saturated carbocycles. The van der Waals surface area contributed by atoms with E-state index in [1.807, 2.05) is 30.3 Å². The molecule has 5 atom stereocenters. The molecular formula is C32H38N2O7S. The molecule has 2 aromatic rings. The van der Waals surface area contributed by atoms with E-state index in [-0.39, 0.29) is 6.42 Å². The van der Waals surface area contributed by atoms with Crippen molar-refractivity contribution >= 4 is 35.5 Å². The fourth-order valence-corrected chi connectivity index (χ4v) is 6.20. The molecule has 224 valence electrons. The number of hydrogen-bond donors (Lipinski definition) is 2. The van der Waals surface area contributed by atoms with Gasteiger partial charge in [-0.3, -0.25) is 19.2 Å². The van der Waals surface area contributed by atoms with E-state index in [0.717, 1.165) is 17.3 Å². The lowest BCUT2D eigenvalue weighted by molar-refractivity contribution is -0.160. The molecule has 1 fully saturated rings. The molecule has 0 bridgehead atoms. The summed E-state index contributed by atoms with van der Waals surface area (Å²) in [6.07, 6.45) is 0.694. The molecule has 2 aliphatic rings. The second-order valence-electron chi connectivity index (χ2n) is 12.4. The average molecular weight is 595 g/mol. The highest BCUT2D eigenvalue weighted by Gasteiger charge is 2.54. The number of ether oxygens (including phenoxy) is 2. The Morgan fingerprint density at radius 2 is 1.50 bits per heavy atom. The molecule has 0 aromatic heterocycles. The van der Waals surface area contributed by atoms with Crippen LogP contribution in [0.3, 0.4) is 0 Å². The van der Waals surface area contributed by atoms with Crippen LogP contribution in [0.15, 0.2) is 72.4 Å². The zero-order valence-corrected chi connectivity index (χ0v) is 25.5. The molecule has 0 aliphatic carbocycles. The van der Waals surface area contributed by atoms with E-state index in [1.165, 1.54) is 11.1 Å². The maximum Gasteiger partial charge on any atom is 0.324 e. The van der Waals surface area contributed by atoms with Crippen LogP contribution < -0.4 is 5.32 Å². The van der Waals surface area contributed by atoms with Crippen LogP contribution in [0.4, 0.5) is 0 Å². The summed E-state index contributed by atoms with van der Waals surface area (Å²) in [6.45, 7) is 10.4. The number of thioether (sulfide) groups is 1. The predicted octanol–water partition coefficient (Wildman–Crippen LogP) is 3.71. The Balaban J connectivity index is 1.58. The Morgan fingerprint density at radius 1 is 0.929 bits per heavy atom. The van der Waals surface area contributed by atoms with Gasteiger partial charge in [0, 0.05) is 12.6 Å². The highest BCUT2D eigenvalue weighted by atomic mass is 32.2. The number of fused-ring (bicyclic) bond motifs is 1. The number of nitrogens with one attached hydrogen (secondary N) is 1. The average Bonchev–Trinajstić information content (AvgIpc) is 2.90. The highest BCUT2D eigenvalue weighted by Crippen LogP contribution is 2.43. The topological polar surface area (TPSA) is 122 Å². The fraction of sp³-hybridized carbons (Fsp3) is 0.438. The lowest BCUT2D eigenvalue weighted by Crippen LogP contribution is -2.70. The Morgan fingerprint density at radius 3 is 2.07 bits per heavy atom. The smallest absolute Gasteiger partial charge is 0.324 e. The number of aliphatic hydroxyl groups is 1. The van der Waals surface area contributed by atoms with Crippen LogP contribution in [-0.2, 0) is 35.1 Å². The first-order chi connectivity index (χ1) is 19.6. The molecule has 4 unspecified atom stereocenters. The largest absolute Gasteiger partial charge is 0.459 e. The summed E-state index contributed by atoms with van der Waals surface area (Å²) in [5, 5.41) is 12.4. The van der Waals surface area contributed by atoms with E-state index in [1.54, 1.807) is 71.9 Å². The number of aliphatic hydroxyl groups excluding tert-OH is 1. The number of amides is 2. The van der Waals surface area contributed by atoms with E-state index < -0.39 is 63.6 Å². The van der Waals surface area contributed by atoms with Gasteiger partial charge in [-0.2, -0.15) is 0 Å². The molecule has 9 nitrogen and oxygen atoms in total. The number of β-lactam (4-membered cyclic amide) rings is 1. The van der Waals surface area contributed by atoms with Crippen LogP contribution >= 0.6 is 11.8 Å². The maximum atomic E-state index is 13.5. The van der Waals surface area contributed by atoms with Crippen LogP contribution in [0.2, 0.25) is 0 Å². The van der Waals surface area contributed by atoms with Gasteiger partial charge in [-0.1, -0.05) is 60.7 Å². The van der Waals surface area contributed by atoms with Crippen molar-refractivity contribution in [3.8, 4) is 0 Å². The van der Waals surface area contributed by atoms with Crippen molar-refractivity contribution in [3.63, 3.8) is 0 Å². The minimum absolute atomic E-state index is 0.244. The van der Waals surface area contributed by atoms with Crippen molar-refractivity contribution in [1.29, 1.82) is 0 Å². The van der Waals surface area contributed by atoms with Crippen LogP contribution in [0.5, 0.6) is 0 Å². The molecule has 2 heterocycles. The first-order valence-corrected chi connectivity index (χ1v) is 14.8. The van der Waals surface area contributed by atoms with Gasteiger partial charge in [-0.25, -0.2) is 0 Å². The summed E-state index contributed by atoms with van der Waals surface area (Å²) in [5.41, 5.74) is 0.0548. The van der Waals surface area contributed by atoms with Gasteiger partial charge >= 0.3 is 11.9 Å². The molecular weight excluding hydrogens is 556 g/mol. The van der Waals surface area contributed by atoms with E-state index >= 15 is 0 Å². The minimum atomic E-state index is -1.29. The van der Waals surface area contributed by atoms with Gasteiger partial charge in [0.25, 0.3) is 5.91 Å². The van der Waals surface area contributed by atoms with Crippen LogP contribution in [-0.4, -0.2) is 67.7 Å². The van der Waals surface area contributed by atoms with Crippen molar-refractivity contribution in [3.05, 3.63) is 83.6 Å². The molecule has 0 spiro atoms. The first kappa shape index (κ1) is 31.3. The van der Waals surface area contributed by atoms with Gasteiger partial charge in [0.05, 0.1) is 6.10 Å². The molecule has 2 aromatic carbocycles. The van der Waals surface area contributed by atoms with E-state index in [4.69, 9.17) is 9.47 Å². The van der Waals surface area contributed by atoms with Gasteiger partial charge in [0.2, 0.25) is 5.91 Å². The normalized spacial score (nSPS) is 21.7. The molecule has 2 N–H and O–H groups in total. The second kappa shape index (κ2) is 12.3. The third kappa shape index (κ3) is 7.41. The van der Waals surface area contributed by atoms with Crippen molar-refractivity contribution in [1.82, 2.24) is 10.2 Å².